The minimum absolute atomic E-state index is 0.124. The van der Waals surface area contributed by atoms with Crippen LogP contribution < -0.4 is 4.74 Å². The third-order valence-corrected chi connectivity index (χ3v) is 3.45. The van der Waals surface area contributed by atoms with Crippen molar-refractivity contribution in [3.05, 3.63) is 29.3 Å². The van der Waals surface area contributed by atoms with E-state index in [1.807, 2.05) is 25.1 Å². The second kappa shape index (κ2) is 9.44. The molecule has 1 atom stereocenters. The predicted octanol–water partition coefficient (Wildman–Crippen LogP) is 3.93. The van der Waals surface area contributed by atoms with Gasteiger partial charge in [0.2, 0.25) is 0 Å². The Morgan fingerprint density at radius 1 is 1.30 bits per heavy atom. The van der Waals surface area contributed by atoms with Gasteiger partial charge in [-0.05, 0) is 37.0 Å². The standard InChI is InChI=1S/C18H26O2/c1-4-6-8-16(5-2)14-20-18-11-10-15(3)13-17(18)9-7-12-19/h10-11,13,16,19H,4-6,8,12,14H2,1-3H3. The van der Waals surface area contributed by atoms with Gasteiger partial charge in [-0.2, -0.15) is 0 Å². The summed E-state index contributed by atoms with van der Waals surface area (Å²) < 4.78 is 5.96. The van der Waals surface area contributed by atoms with Crippen LogP contribution in [0, 0.1) is 24.7 Å². The van der Waals surface area contributed by atoms with E-state index in [0.29, 0.717) is 5.92 Å². The highest BCUT2D eigenvalue weighted by Gasteiger charge is 2.08. The van der Waals surface area contributed by atoms with Gasteiger partial charge >= 0.3 is 0 Å². The van der Waals surface area contributed by atoms with E-state index in [9.17, 15) is 0 Å². The molecule has 2 heteroatoms. The third kappa shape index (κ3) is 5.67. The lowest BCUT2D eigenvalue weighted by atomic mass is 10.0. The maximum atomic E-state index is 8.83. The molecule has 0 heterocycles. The number of hydrogen-bond acceptors (Lipinski definition) is 2. The molecule has 0 spiro atoms. The molecule has 0 amide bonds. The van der Waals surface area contributed by atoms with Gasteiger partial charge in [-0.3, -0.25) is 0 Å². The Morgan fingerprint density at radius 2 is 2.10 bits per heavy atom. The van der Waals surface area contributed by atoms with Gasteiger partial charge in [0.25, 0.3) is 0 Å². The summed E-state index contributed by atoms with van der Waals surface area (Å²) in [5.74, 6) is 7.09. The third-order valence-electron chi connectivity index (χ3n) is 3.45. The van der Waals surface area contributed by atoms with Gasteiger partial charge in [0.1, 0.15) is 12.4 Å². The summed E-state index contributed by atoms with van der Waals surface area (Å²) in [6.07, 6.45) is 4.85. The Kier molecular flexibility index (Phi) is 7.84. The Balaban J connectivity index is 2.70. The fraction of sp³-hybridized carbons (Fsp3) is 0.556. The lowest BCUT2D eigenvalue weighted by Gasteiger charge is -2.16. The topological polar surface area (TPSA) is 29.5 Å². The molecule has 2 nitrogen and oxygen atoms in total. The van der Waals surface area contributed by atoms with Crippen molar-refractivity contribution in [2.45, 2.75) is 46.5 Å². The molecule has 0 bridgehead atoms. The number of rotatable bonds is 7. The van der Waals surface area contributed by atoms with Crippen molar-refractivity contribution in [3.63, 3.8) is 0 Å². The monoisotopic (exact) mass is 274 g/mol. The van der Waals surface area contributed by atoms with Crippen LogP contribution >= 0.6 is 0 Å². The van der Waals surface area contributed by atoms with Gasteiger partial charge in [0, 0.05) is 0 Å². The lowest BCUT2D eigenvalue weighted by molar-refractivity contribution is 0.233. The predicted molar refractivity (Wildman–Crippen MR) is 83.9 cm³/mol. The van der Waals surface area contributed by atoms with Crippen molar-refractivity contribution >= 4 is 0 Å². The van der Waals surface area contributed by atoms with Crippen molar-refractivity contribution in [2.75, 3.05) is 13.2 Å². The maximum Gasteiger partial charge on any atom is 0.134 e. The van der Waals surface area contributed by atoms with Gasteiger partial charge < -0.3 is 9.84 Å². The second-order valence-corrected chi connectivity index (χ2v) is 5.19. The molecule has 0 aliphatic carbocycles. The van der Waals surface area contributed by atoms with Gasteiger partial charge in [0.05, 0.1) is 12.2 Å². The van der Waals surface area contributed by atoms with E-state index in [2.05, 4.69) is 25.7 Å². The normalized spacial score (nSPS) is 11.6. The van der Waals surface area contributed by atoms with Gasteiger partial charge in [0.15, 0.2) is 0 Å². The van der Waals surface area contributed by atoms with Crippen LogP contribution in [0.2, 0.25) is 0 Å². The smallest absolute Gasteiger partial charge is 0.134 e. The minimum Gasteiger partial charge on any atom is -0.492 e. The zero-order valence-corrected chi connectivity index (χ0v) is 12.9. The van der Waals surface area contributed by atoms with E-state index >= 15 is 0 Å². The van der Waals surface area contributed by atoms with Crippen LogP contribution in [0.3, 0.4) is 0 Å². The Labute approximate surface area is 123 Å². The van der Waals surface area contributed by atoms with E-state index in [1.54, 1.807) is 0 Å². The number of hydrogen-bond donors (Lipinski definition) is 1. The molecule has 110 valence electrons. The summed E-state index contributed by atoms with van der Waals surface area (Å²) in [6.45, 7) is 7.08. The highest BCUT2D eigenvalue weighted by atomic mass is 16.5. The fourth-order valence-electron chi connectivity index (χ4n) is 2.11. The molecule has 20 heavy (non-hydrogen) atoms. The van der Waals surface area contributed by atoms with E-state index < -0.39 is 0 Å². The molecule has 0 fully saturated rings. The van der Waals surface area contributed by atoms with Crippen molar-refractivity contribution in [2.24, 2.45) is 5.92 Å². The first-order valence-corrected chi connectivity index (χ1v) is 7.54. The Bertz CT molecular complexity index is 454. The van der Waals surface area contributed by atoms with Crippen LogP contribution in [-0.2, 0) is 0 Å². The first-order chi connectivity index (χ1) is 9.71. The molecular weight excluding hydrogens is 248 g/mol. The average Bonchev–Trinajstić information content (AvgIpc) is 2.46. The molecule has 1 N–H and O–H groups in total. The van der Waals surface area contributed by atoms with E-state index in [-0.39, 0.29) is 6.61 Å². The van der Waals surface area contributed by atoms with Crippen LogP contribution in [-0.4, -0.2) is 18.3 Å². The molecular formula is C18H26O2. The summed E-state index contributed by atoms with van der Waals surface area (Å²) in [7, 11) is 0. The molecule has 0 aliphatic rings. The molecule has 0 aliphatic heterocycles. The Morgan fingerprint density at radius 3 is 2.75 bits per heavy atom. The fourth-order valence-corrected chi connectivity index (χ4v) is 2.11. The molecule has 1 aromatic rings. The lowest BCUT2D eigenvalue weighted by Crippen LogP contribution is -2.12. The first-order valence-electron chi connectivity index (χ1n) is 7.54. The molecule has 0 radical (unpaired) electrons. The quantitative estimate of drug-likeness (QED) is 0.763. The Hall–Kier alpha value is -1.46. The minimum atomic E-state index is -0.124. The summed E-state index contributed by atoms with van der Waals surface area (Å²) in [5, 5.41) is 8.83. The molecule has 1 aromatic carbocycles. The van der Waals surface area contributed by atoms with E-state index in [4.69, 9.17) is 9.84 Å². The number of unbranched alkanes of at least 4 members (excludes halogenated alkanes) is 1. The van der Waals surface area contributed by atoms with Crippen molar-refractivity contribution in [1.82, 2.24) is 0 Å². The zero-order valence-electron chi connectivity index (χ0n) is 12.9. The second-order valence-electron chi connectivity index (χ2n) is 5.19. The molecule has 0 saturated heterocycles. The number of ether oxygens (including phenoxy) is 1. The largest absolute Gasteiger partial charge is 0.492 e. The number of aliphatic hydroxyl groups excluding tert-OH is 1. The SMILES string of the molecule is CCCCC(CC)COc1ccc(C)cc1C#CCO. The van der Waals surface area contributed by atoms with Crippen LogP contribution in [0.15, 0.2) is 18.2 Å². The van der Waals surface area contributed by atoms with Crippen molar-refractivity contribution in [3.8, 4) is 17.6 Å². The summed E-state index contributed by atoms with van der Waals surface area (Å²) in [6, 6.07) is 6.01. The van der Waals surface area contributed by atoms with Crippen LogP contribution in [0.5, 0.6) is 5.75 Å². The molecule has 0 aromatic heterocycles. The van der Waals surface area contributed by atoms with Gasteiger partial charge in [-0.15, -0.1) is 0 Å². The maximum absolute atomic E-state index is 8.83. The van der Waals surface area contributed by atoms with Crippen molar-refractivity contribution in [1.29, 1.82) is 0 Å². The van der Waals surface area contributed by atoms with Crippen LogP contribution in [0.4, 0.5) is 0 Å². The summed E-state index contributed by atoms with van der Waals surface area (Å²) >= 11 is 0. The highest BCUT2D eigenvalue weighted by molar-refractivity contribution is 5.48. The molecule has 1 rings (SSSR count). The van der Waals surface area contributed by atoms with Crippen molar-refractivity contribution < 1.29 is 9.84 Å². The zero-order chi connectivity index (χ0) is 14.8. The summed E-state index contributed by atoms with van der Waals surface area (Å²) in [4.78, 5) is 0. The number of benzene rings is 1. The molecule has 1 unspecified atom stereocenters. The first kappa shape index (κ1) is 16.6. The van der Waals surface area contributed by atoms with Gasteiger partial charge in [-0.1, -0.05) is 51.0 Å². The number of aliphatic hydroxyl groups is 1. The van der Waals surface area contributed by atoms with Crippen LogP contribution in [0.25, 0.3) is 0 Å². The van der Waals surface area contributed by atoms with E-state index in [0.717, 1.165) is 29.9 Å². The summed E-state index contributed by atoms with van der Waals surface area (Å²) in [5.41, 5.74) is 2.02. The van der Waals surface area contributed by atoms with Crippen LogP contribution in [0.1, 0.15) is 50.7 Å². The van der Waals surface area contributed by atoms with E-state index in [1.165, 1.54) is 19.3 Å². The highest BCUT2D eigenvalue weighted by Crippen LogP contribution is 2.21. The van der Waals surface area contributed by atoms with Gasteiger partial charge in [-0.25, -0.2) is 0 Å². The average molecular weight is 274 g/mol. The number of aryl methyl sites for hydroxylation is 1. The molecule has 0 saturated carbocycles.